The number of halogens is 1. The Morgan fingerprint density at radius 1 is 1.05 bits per heavy atom. The van der Waals surface area contributed by atoms with Crippen LogP contribution in [0.1, 0.15) is 0 Å². The topological polar surface area (TPSA) is 26.8 Å². The highest BCUT2D eigenvalue weighted by Gasteiger charge is 2.27. The Morgan fingerprint density at radius 3 is 2.35 bits per heavy atom. The second kappa shape index (κ2) is 5.46. The van der Waals surface area contributed by atoms with Crippen LogP contribution in [0.25, 0.3) is 0 Å². The highest BCUT2D eigenvalue weighted by molar-refractivity contribution is 6.30. The van der Waals surface area contributed by atoms with E-state index in [1.165, 1.54) is 0 Å². The number of amides is 1. The zero-order valence-corrected chi connectivity index (χ0v) is 12.3. The third-order valence-corrected chi connectivity index (χ3v) is 4.18. The molecule has 3 rings (SSSR count). The number of piperazine rings is 1. The van der Waals surface area contributed by atoms with E-state index in [0.717, 1.165) is 37.6 Å². The first kappa shape index (κ1) is 13.5. The smallest absolute Gasteiger partial charge is 0.253 e. The van der Waals surface area contributed by atoms with Gasteiger partial charge in [-0.05, 0) is 31.3 Å². The fourth-order valence-corrected chi connectivity index (χ4v) is 2.76. The van der Waals surface area contributed by atoms with Gasteiger partial charge in [-0.15, -0.1) is 0 Å². The zero-order chi connectivity index (χ0) is 14.1. The summed E-state index contributed by atoms with van der Waals surface area (Å²) in [6.45, 7) is 4.73. The van der Waals surface area contributed by atoms with E-state index in [0.29, 0.717) is 11.6 Å². The Bertz CT molecular complexity index is 533. The molecule has 5 heteroatoms. The van der Waals surface area contributed by atoms with Crippen molar-refractivity contribution in [2.24, 2.45) is 0 Å². The van der Waals surface area contributed by atoms with E-state index in [2.05, 4.69) is 16.8 Å². The van der Waals surface area contributed by atoms with E-state index < -0.39 is 0 Å². The number of carbonyl (C=O) groups excluding carboxylic acids is 1. The summed E-state index contributed by atoms with van der Waals surface area (Å²) in [6.07, 6.45) is 1.76. The largest absolute Gasteiger partial charge is 0.371 e. The van der Waals surface area contributed by atoms with Crippen LogP contribution in [-0.2, 0) is 4.79 Å². The Kier molecular flexibility index (Phi) is 3.68. The van der Waals surface area contributed by atoms with Crippen molar-refractivity contribution in [3.05, 3.63) is 41.1 Å². The molecule has 106 valence electrons. The molecule has 0 radical (unpaired) electrons. The molecule has 20 heavy (non-hydrogen) atoms. The van der Waals surface area contributed by atoms with Crippen LogP contribution in [0.3, 0.4) is 0 Å². The van der Waals surface area contributed by atoms with Crippen molar-refractivity contribution in [3.63, 3.8) is 0 Å². The fraction of sp³-hybridized carbons (Fsp3) is 0.400. The van der Waals surface area contributed by atoms with Gasteiger partial charge < -0.3 is 14.7 Å². The summed E-state index contributed by atoms with van der Waals surface area (Å²) in [6, 6.07) is 7.41. The number of anilines is 1. The Morgan fingerprint density at radius 2 is 1.70 bits per heavy atom. The van der Waals surface area contributed by atoms with Gasteiger partial charge in [0.1, 0.15) is 0 Å². The predicted molar refractivity (Wildman–Crippen MR) is 81.0 cm³/mol. The number of likely N-dealkylation sites (N-methyl/N-ethyl adjacent to an activating group) is 1. The first-order valence-corrected chi connectivity index (χ1v) is 7.22. The van der Waals surface area contributed by atoms with Gasteiger partial charge in [0.2, 0.25) is 0 Å². The molecule has 0 atom stereocenters. The van der Waals surface area contributed by atoms with Gasteiger partial charge in [-0.3, -0.25) is 4.79 Å². The van der Waals surface area contributed by atoms with Crippen LogP contribution >= 0.6 is 11.6 Å². The molecule has 0 N–H and O–H groups in total. The van der Waals surface area contributed by atoms with Crippen molar-refractivity contribution in [3.8, 4) is 0 Å². The molecule has 1 amide bonds. The van der Waals surface area contributed by atoms with Gasteiger partial charge in [0.25, 0.3) is 5.91 Å². The van der Waals surface area contributed by atoms with Crippen LogP contribution in [0.5, 0.6) is 0 Å². The Balaban J connectivity index is 1.70. The molecule has 0 saturated carbocycles. The molecule has 0 unspecified atom stereocenters. The highest BCUT2D eigenvalue weighted by Crippen LogP contribution is 2.24. The average molecular weight is 292 g/mol. The van der Waals surface area contributed by atoms with E-state index in [1.807, 2.05) is 24.3 Å². The van der Waals surface area contributed by atoms with Crippen LogP contribution in [0.15, 0.2) is 36.0 Å². The lowest BCUT2D eigenvalue weighted by atomic mass is 10.2. The maximum Gasteiger partial charge on any atom is 0.253 e. The average Bonchev–Trinajstić information content (AvgIpc) is 2.82. The van der Waals surface area contributed by atoms with Crippen LogP contribution in [0.2, 0.25) is 5.02 Å². The molecular formula is C15H18ClN3O. The molecule has 2 aliphatic heterocycles. The van der Waals surface area contributed by atoms with E-state index in [1.54, 1.807) is 11.0 Å². The summed E-state index contributed by atoms with van der Waals surface area (Å²) < 4.78 is 0. The number of rotatable bonds is 2. The standard InChI is InChI=1S/C15H18ClN3O/c1-17-6-8-18(9-7-17)14-10-15(20)19(11-14)13-4-2-12(16)3-5-13/h2-5,10H,6-9,11H2,1H3. The quantitative estimate of drug-likeness (QED) is 0.832. The number of hydrogen-bond acceptors (Lipinski definition) is 3. The maximum atomic E-state index is 12.2. The molecule has 0 spiro atoms. The van der Waals surface area contributed by atoms with Crippen LogP contribution in [0.4, 0.5) is 5.69 Å². The summed E-state index contributed by atoms with van der Waals surface area (Å²) in [5.41, 5.74) is 2.03. The second-order valence-corrected chi connectivity index (χ2v) is 5.76. The molecular weight excluding hydrogens is 274 g/mol. The van der Waals surface area contributed by atoms with Crippen molar-refractivity contribution in [2.75, 3.05) is 44.7 Å². The Hall–Kier alpha value is -1.52. The monoisotopic (exact) mass is 291 g/mol. The molecule has 0 bridgehead atoms. The molecule has 0 aliphatic carbocycles. The maximum absolute atomic E-state index is 12.2. The normalized spacial score (nSPS) is 20.5. The minimum Gasteiger partial charge on any atom is -0.371 e. The number of carbonyl (C=O) groups is 1. The summed E-state index contributed by atoms with van der Waals surface area (Å²) in [5.74, 6) is 0.0567. The first-order chi connectivity index (χ1) is 9.63. The van der Waals surface area contributed by atoms with Gasteiger partial charge in [-0.2, -0.15) is 0 Å². The lowest BCUT2D eigenvalue weighted by Gasteiger charge is -2.35. The van der Waals surface area contributed by atoms with Gasteiger partial charge in [-0.1, -0.05) is 11.6 Å². The minimum absolute atomic E-state index is 0.0567. The SMILES string of the molecule is CN1CCN(C2=CC(=O)N(c3ccc(Cl)cc3)C2)CC1. The van der Waals surface area contributed by atoms with Crippen molar-refractivity contribution < 1.29 is 4.79 Å². The van der Waals surface area contributed by atoms with Crippen molar-refractivity contribution in [2.45, 2.75) is 0 Å². The number of hydrogen-bond donors (Lipinski definition) is 0. The summed E-state index contributed by atoms with van der Waals surface area (Å²) in [5, 5.41) is 0.688. The lowest BCUT2D eigenvalue weighted by Crippen LogP contribution is -2.44. The molecule has 1 aromatic carbocycles. The van der Waals surface area contributed by atoms with Gasteiger partial charge >= 0.3 is 0 Å². The number of benzene rings is 1. The lowest BCUT2D eigenvalue weighted by molar-refractivity contribution is -0.113. The molecule has 2 aliphatic rings. The minimum atomic E-state index is 0.0567. The number of nitrogens with zero attached hydrogens (tertiary/aromatic N) is 3. The molecule has 2 heterocycles. The van der Waals surface area contributed by atoms with Gasteiger partial charge in [0.15, 0.2) is 0 Å². The van der Waals surface area contributed by atoms with Gasteiger partial charge in [0.05, 0.1) is 6.54 Å². The summed E-state index contributed by atoms with van der Waals surface area (Å²) in [7, 11) is 2.13. The molecule has 4 nitrogen and oxygen atoms in total. The predicted octanol–water partition coefficient (Wildman–Crippen LogP) is 1.82. The summed E-state index contributed by atoms with van der Waals surface area (Å²) in [4.78, 5) is 18.6. The van der Waals surface area contributed by atoms with Crippen molar-refractivity contribution >= 4 is 23.2 Å². The third kappa shape index (κ3) is 2.67. The first-order valence-electron chi connectivity index (χ1n) is 6.84. The Labute approximate surface area is 124 Å². The van der Waals surface area contributed by atoms with E-state index in [-0.39, 0.29) is 5.91 Å². The highest BCUT2D eigenvalue weighted by atomic mass is 35.5. The van der Waals surface area contributed by atoms with E-state index in [4.69, 9.17) is 11.6 Å². The van der Waals surface area contributed by atoms with Crippen molar-refractivity contribution in [1.29, 1.82) is 0 Å². The molecule has 0 aromatic heterocycles. The van der Waals surface area contributed by atoms with Crippen LogP contribution < -0.4 is 4.90 Å². The van der Waals surface area contributed by atoms with Crippen molar-refractivity contribution in [1.82, 2.24) is 9.80 Å². The van der Waals surface area contributed by atoms with Gasteiger partial charge in [-0.25, -0.2) is 0 Å². The van der Waals surface area contributed by atoms with E-state index >= 15 is 0 Å². The third-order valence-electron chi connectivity index (χ3n) is 3.92. The molecule has 1 aromatic rings. The second-order valence-electron chi connectivity index (χ2n) is 5.33. The van der Waals surface area contributed by atoms with E-state index in [9.17, 15) is 4.79 Å². The van der Waals surface area contributed by atoms with Crippen LogP contribution in [-0.4, -0.2) is 55.5 Å². The summed E-state index contributed by atoms with van der Waals surface area (Å²) >= 11 is 5.89. The fourth-order valence-electron chi connectivity index (χ4n) is 2.63. The zero-order valence-electron chi connectivity index (χ0n) is 11.6. The molecule has 1 fully saturated rings. The van der Waals surface area contributed by atoms with Gasteiger partial charge in [0, 0.05) is 48.7 Å². The van der Waals surface area contributed by atoms with Crippen LogP contribution in [0, 0.1) is 0 Å². The molecule has 1 saturated heterocycles.